The number of aliphatic hydroxyl groups excluding tert-OH is 1. The third-order valence-electron chi connectivity index (χ3n) is 2.84. The minimum atomic E-state index is -3.79. The molecule has 1 aromatic rings. The Balaban J connectivity index is 3.24. The van der Waals surface area contributed by atoms with Crippen LogP contribution in [0.4, 0.5) is 4.39 Å². The molecule has 1 aromatic carbocycles. The van der Waals surface area contributed by atoms with Crippen molar-refractivity contribution < 1.29 is 22.7 Å². The highest BCUT2D eigenvalue weighted by molar-refractivity contribution is 7.89. The van der Waals surface area contributed by atoms with Crippen LogP contribution in [0.15, 0.2) is 17.0 Å². The third-order valence-corrected chi connectivity index (χ3v) is 4.82. The standard InChI is InChI=1S/C12H18FNO4S/c1-9-11(13)6-10(8-15)7-12(9)19(16,17)14(2)4-5-18-3/h6-7,15H,4-5,8H2,1-3H3. The number of aliphatic hydroxyl groups is 1. The zero-order chi connectivity index (χ0) is 14.6. The topological polar surface area (TPSA) is 66.8 Å². The number of likely N-dealkylation sites (N-methyl/N-ethyl adjacent to an activating group) is 1. The molecule has 0 atom stereocenters. The minimum Gasteiger partial charge on any atom is -0.392 e. The van der Waals surface area contributed by atoms with Crippen molar-refractivity contribution in [3.05, 3.63) is 29.1 Å². The molecule has 0 aromatic heterocycles. The average Bonchev–Trinajstić information content (AvgIpc) is 2.38. The predicted molar refractivity (Wildman–Crippen MR) is 68.8 cm³/mol. The lowest BCUT2D eigenvalue weighted by Gasteiger charge is -2.19. The number of benzene rings is 1. The summed E-state index contributed by atoms with van der Waals surface area (Å²) in [6.07, 6.45) is 0. The zero-order valence-corrected chi connectivity index (χ0v) is 12.0. The maximum Gasteiger partial charge on any atom is 0.243 e. The molecule has 5 nitrogen and oxygen atoms in total. The zero-order valence-electron chi connectivity index (χ0n) is 11.2. The van der Waals surface area contributed by atoms with E-state index in [9.17, 15) is 12.8 Å². The van der Waals surface area contributed by atoms with Gasteiger partial charge >= 0.3 is 0 Å². The minimum absolute atomic E-state index is 0.0430. The predicted octanol–water partition coefficient (Wildman–Crippen LogP) is 0.893. The number of nitrogens with zero attached hydrogens (tertiary/aromatic N) is 1. The van der Waals surface area contributed by atoms with Crippen molar-refractivity contribution >= 4 is 10.0 Å². The lowest BCUT2D eigenvalue weighted by atomic mass is 10.1. The second-order valence-corrected chi connectivity index (χ2v) is 6.19. The lowest BCUT2D eigenvalue weighted by molar-refractivity contribution is 0.185. The molecular weight excluding hydrogens is 273 g/mol. The molecule has 1 rings (SSSR count). The summed E-state index contributed by atoms with van der Waals surface area (Å²) in [5, 5.41) is 9.03. The Kier molecular flexibility index (Phi) is 5.42. The molecule has 0 fully saturated rings. The fourth-order valence-corrected chi connectivity index (χ4v) is 3.01. The van der Waals surface area contributed by atoms with Gasteiger partial charge in [-0.1, -0.05) is 0 Å². The number of hydrogen-bond acceptors (Lipinski definition) is 4. The molecule has 0 aliphatic heterocycles. The summed E-state index contributed by atoms with van der Waals surface area (Å²) in [6, 6.07) is 2.42. The molecule has 0 amide bonds. The van der Waals surface area contributed by atoms with Crippen LogP contribution in [0.2, 0.25) is 0 Å². The van der Waals surface area contributed by atoms with E-state index in [1.54, 1.807) is 0 Å². The van der Waals surface area contributed by atoms with Gasteiger partial charge in [-0.15, -0.1) is 0 Å². The first-order chi connectivity index (χ1) is 8.84. The number of ether oxygens (including phenoxy) is 1. The lowest BCUT2D eigenvalue weighted by Crippen LogP contribution is -2.30. The summed E-state index contributed by atoms with van der Waals surface area (Å²) in [7, 11) is -0.925. The van der Waals surface area contributed by atoms with Crippen LogP contribution in [-0.4, -0.2) is 45.1 Å². The molecule has 0 radical (unpaired) electrons. The molecular formula is C12H18FNO4S. The van der Waals surface area contributed by atoms with E-state index in [4.69, 9.17) is 9.84 Å². The average molecular weight is 291 g/mol. The summed E-state index contributed by atoms with van der Waals surface area (Å²) in [5.74, 6) is -0.648. The van der Waals surface area contributed by atoms with Crippen LogP contribution in [0.3, 0.4) is 0 Å². The van der Waals surface area contributed by atoms with Gasteiger partial charge in [0.15, 0.2) is 0 Å². The van der Waals surface area contributed by atoms with Gasteiger partial charge in [0.1, 0.15) is 5.82 Å². The fraction of sp³-hybridized carbons (Fsp3) is 0.500. The van der Waals surface area contributed by atoms with E-state index in [1.165, 1.54) is 27.1 Å². The van der Waals surface area contributed by atoms with Crippen molar-refractivity contribution in [1.82, 2.24) is 4.31 Å². The summed E-state index contributed by atoms with van der Waals surface area (Å²) < 4.78 is 44.2. The van der Waals surface area contributed by atoms with Gasteiger partial charge in [0.05, 0.1) is 18.1 Å². The summed E-state index contributed by atoms with van der Waals surface area (Å²) in [6.45, 7) is 1.40. The molecule has 0 aliphatic rings. The summed E-state index contributed by atoms with van der Waals surface area (Å²) in [5.41, 5.74) is 0.267. The van der Waals surface area contributed by atoms with E-state index in [0.29, 0.717) is 0 Å². The van der Waals surface area contributed by atoms with Crippen molar-refractivity contribution in [3.63, 3.8) is 0 Å². The highest BCUT2D eigenvalue weighted by Gasteiger charge is 2.24. The Morgan fingerprint density at radius 1 is 1.42 bits per heavy atom. The van der Waals surface area contributed by atoms with E-state index in [0.717, 1.165) is 10.4 Å². The second kappa shape index (κ2) is 6.42. The number of rotatable bonds is 6. The van der Waals surface area contributed by atoms with E-state index in [-0.39, 0.29) is 29.2 Å². The molecule has 0 spiro atoms. The van der Waals surface area contributed by atoms with E-state index < -0.39 is 22.4 Å². The van der Waals surface area contributed by atoms with E-state index in [1.807, 2.05) is 0 Å². The van der Waals surface area contributed by atoms with Gasteiger partial charge < -0.3 is 9.84 Å². The van der Waals surface area contributed by atoms with E-state index in [2.05, 4.69) is 0 Å². The monoisotopic (exact) mass is 291 g/mol. The first-order valence-electron chi connectivity index (χ1n) is 5.69. The van der Waals surface area contributed by atoms with Crippen molar-refractivity contribution in [2.45, 2.75) is 18.4 Å². The fourth-order valence-electron chi connectivity index (χ4n) is 1.57. The van der Waals surface area contributed by atoms with Crippen LogP contribution in [-0.2, 0) is 21.4 Å². The summed E-state index contributed by atoms with van der Waals surface area (Å²) >= 11 is 0. The Bertz CT molecular complexity index is 545. The molecule has 0 saturated heterocycles. The maximum absolute atomic E-state index is 13.7. The smallest absolute Gasteiger partial charge is 0.243 e. The van der Waals surface area contributed by atoms with Crippen molar-refractivity contribution in [1.29, 1.82) is 0 Å². The van der Waals surface area contributed by atoms with Crippen LogP contribution in [0.25, 0.3) is 0 Å². The van der Waals surface area contributed by atoms with Gasteiger partial charge in [0.25, 0.3) is 0 Å². The van der Waals surface area contributed by atoms with Crippen LogP contribution in [0.5, 0.6) is 0 Å². The van der Waals surface area contributed by atoms with E-state index >= 15 is 0 Å². The Morgan fingerprint density at radius 3 is 2.58 bits per heavy atom. The molecule has 108 valence electrons. The summed E-state index contributed by atoms with van der Waals surface area (Å²) in [4.78, 5) is -0.129. The maximum atomic E-state index is 13.7. The molecule has 1 N–H and O–H groups in total. The normalized spacial score (nSPS) is 12.1. The third kappa shape index (κ3) is 3.50. The highest BCUT2D eigenvalue weighted by Crippen LogP contribution is 2.23. The van der Waals surface area contributed by atoms with Crippen LogP contribution < -0.4 is 0 Å². The van der Waals surface area contributed by atoms with Gasteiger partial charge in [-0.05, 0) is 24.6 Å². The number of sulfonamides is 1. The highest BCUT2D eigenvalue weighted by atomic mass is 32.2. The molecule has 0 unspecified atom stereocenters. The Hall–Kier alpha value is -1.02. The van der Waals surface area contributed by atoms with Crippen LogP contribution in [0, 0.1) is 12.7 Å². The Morgan fingerprint density at radius 2 is 2.05 bits per heavy atom. The van der Waals surface area contributed by atoms with Gasteiger partial charge in [-0.3, -0.25) is 0 Å². The van der Waals surface area contributed by atoms with Gasteiger partial charge in [0, 0.05) is 26.3 Å². The molecule has 19 heavy (non-hydrogen) atoms. The largest absolute Gasteiger partial charge is 0.392 e. The van der Waals surface area contributed by atoms with Crippen molar-refractivity contribution in [3.8, 4) is 0 Å². The van der Waals surface area contributed by atoms with Gasteiger partial charge in [-0.25, -0.2) is 12.8 Å². The number of methoxy groups -OCH3 is 1. The molecule has 0 heterocycles. The molecule has 0 saturated carbocycles. The van der Waals surface area contributed by atoms with Crippen LogP contribution >= 0.6 is 0 Å². The van der Waals surface area contributed by atoms with Crippen molar-refractivity contribution in [2.75, 3.05) is 27.3 Å². The molecule has 0 bridgehead atoms. The van der Waals surface area contributed by atoms with Crippen molar-refractivity contribution in [2.24, 2.45) is 0 Å². The first kappa shape index (κ1) is 16.0. The molecule has 0 aliphatic carbocycles. The Labute approximate surface area is 112 Å². The number of halogens is 1. The van der Waals surface area contributed by atoms with Gasteiger partial charge in [-0.2, -0.15) is 4.31 Å². The number of hydrogen-bond donors (Lipinski definition) is 1. The van der Waals surface area contributed by atoms with Gasteiger partial charge in [0.2, 0.25) is 10.0 Å². The quantitative estimate of drug-likeness (QED) is 0.845. The SMILES string of the molecule is COCCN(C)S(=O)(=O)c1cc(CO)cc(F)c1C. The molecule has 7 heteroatoms. The second-order valence-electron chi connectivity index (χ2n) is 4.18. The first-order valence-corrected chi connectivity index (χ1v) is 7.13. The van der Waals surface area contributed by atoms with Crippen LogP contribution in [0.1, 0.15) is 11.1 Å².